The normalized spacial score (nSPS) is 19.1. The lowest BCUT2D eigenvalue weighted by Gasteiger charge is -2.28. The Kier molecular flexibility index (Phi) is 3.79. The second-order valence-electron chi connectivity index (χ2n) is 5.03. The molecule has 0 bridgehead atoms. The third-order valence-corrected chi connectivity index (χ3v) is 3.33. The van der Waals surface area contributed by atoms with Crippen LogP contribution in [0.4, 0.5) is 4.79 Å². The van der Waals surface area contributed by atoms with Gasteiger partial charge in [0.2, 0.25) is 0 Å². The zero-order valence-corrected chi connectivity index (χ0v) is 11.8. The molecule has 1 aliphatic rings. The molecule has 1 aliphatic heterocycles. The first-order valence-electron chi connectivity index (χ1n) is 6.28. The quantitative estimate of drug-likeness (QED) is 0.628. The molecule has 1 aromatic carbocycles. The fourth-order valence-corrected chi connectivity index (χ4v) is 2.04. The van der Waals surface area contributed by atoms with Gasteiger partial charge in [-0.3, -0.25) is 4.90 Å². The van der Waals surface area contributed by atoms with E-state index in [0.717, 1.165) is 5.56 Å². The predicted octanol–water partition coefficient (Wildman–Crippen LogP) is 2.47. The van der Waals surface area contributed by atoms with Gasteiger partial charge in [0.1, 0.15) is 5.76 Å². The number of rotatable bonds is 3. The Morgan fingerprint density at radius 2 is 2.00 bits per heavy atom. The summed E-state index contributed by atoms with van der Waals surface area (Å²) in [7, 11) is 1.28. The van der Waals surface area contributed by atoms with Gasteiger partial charge in [-0.25, -0.2) is 9.59 Å². The Labute approximate surface area is 117 Å². The minimum atomic E-state index is -0.693. The van der Waals surface area contributed by atoms with Gasteiger partial charge in [-0.1, -0.05) is 30.3 Å². The van der Waals surface area contributed by atoms with Crippen LogP contribution in [0.2, 0.25) is 0 Å². The number of carbonyl (C=O) groups excluding carboxylic acids is 2. The maximum atomic E-state index is 12.0. The van der Waals surface area contributed by atoms with Crippen LogP contribution < -0.4 is 0 Å². The molecule has 1 aromatic rings. The smallest absolute Gasteiger partial charge is 0.416 e. The van der Waals surface area contributed by atoms with Crippen LogP contribution in [0.5, 0.6) is 0 Å². The molecule has 1 fully saturated rings. The van der Waals surface area contributed by atoms with Crippen molar-refractivity contribution in [2.24, 2.45) is 0 Å². The average molecular weight is 275 g/mol. The van der Waals surface area contributed by atoms with E-state index in [9.17, 15) is 9.59 Å². The highest BCUT2D eigenvalue weighted by atomic mass is 16.6. The van der Waals surface area contributed by atoms with E-state index in [-0.39, 0.29) is 0 Å². The van der Waals surface area contributed by atoms with Gasteiger partial charge in [0.05, 0.1) is 25.3 Å². The van der Waals surface area contributed by atoms with Crippen molar-refractivity contribution in [2.75, 3.05) is 7.11 Å². The molecule has 1 heterocycles. The SMILES string of the molecule is COC(=O)/C=C1\OC(=O)N(Cc2ccccc2)C1(C)C. The Hall–Kier alpha value is -2.30. The fraction of sp³-hybridized carbons (Fsp3) is 0.333. The third kappa shape index (κ3) is 2.66. The van der Waals surface area contributed by atoms with Gasteiger partial charge >= 0.3 is 12.1 Å². The molecule has 106 valence electrons. The number of benzene rings is 1. The molecule has 1 saturated heterocycles. The molecular formula is C15H17NO4. The van der Waals surface area contributed by atoms with Gasteiger partial charge in [-0.2, -0.15) is 0 Å². The second kappa shape index (κ2) is 5.36. The number of carbonyl (C=O) groups is 2. The van der Waals surface area contributed by atoms with E-state index < -0.39 is 17.6 Å². The monoisotopic (exact) mass is 275 g/mol. The van der Waals surface area contributed by atoms with Crippen molar-refractivity contribution in [3.63, 3.8) is 0 Å². The topological polar surface area (TPSA) is 55.8 Å². The summed E-state index contributed by atoms with van der Waals surface area (Å²) < 4.78 is 9.75. The molecule has 1 amide bonds. The molecule has 0 aliphatic carbocycles. The summed E-state index contributed by atoms with van der Waals surface area (Å²) in [4.78, 5) is 24.9. The molecule has 5 nitrogen and oxygen atoms in total. The number of cyclic esters (lactones) is 1. The molecule has 0 unspecified atom stereocenters. The first-order valence-corrected chi connectivity index (χ1v) is 6.28. The summed E-state index contributed by atoms with van der Waals surface area (Å²) in [6.07, 6.45) is 0.747. The van der Waals surface area contributed by atoms with E-state index in [1.807, 2.05) is 44.2 Å². The van der Waals surface area contributed by atoms with Gasteiger partial charge < -0.3 is 9.47 Å². The standard InChI is InChI=1S/C15H17NO4/c1-15(2)12(9-13(17)19-3)20-14(18)16(15)10-11-7-5-4-6-8-11/h4-9H,10H2,1-3H3/b12-9-. The summed E-state index contributed by atoms with van der Waals surface area (Å²) in [5.41, 5.74) is 0.304. The van der Waals surface area contributed by atoms with Gasteiger partial charge in [0.15, 0.2) is 0 Å². The lowest BCUT2D eigenvalue weighted by molar-refractivity contribution is -0.135. The maximum absolute atomic E-state index is 12.0. The molecule has 5 heteroatoms. The molecule has 0 saturated carbocycles. The lowest BCUT2D eigenvalue weighted by Crippen LogP contribution is -2.40. The van der Waals surface area contributed by atoms with Gasteiger partial charge in [-0.15, -0.1) is 0 Å². The van der Waals surface area contributed by atoms with Crippen LogP contribution in [0.1, 0.15) is 19.4 Å². The number of hydrogen-bond donors (Lipinski definition) is 0. The van der Waals surface area contributed by atoms with E-state index in [0.29, 0.717) is 12.3 Å². The van der Waals surface area contributed by atoms with Crippen LogP contribution in [0, 0.1) is 0 Å². The van der Waals surface area contributed by atoms with Crippen LogP contribution in [0.25, 0.3) is 0 Å². The van der Waals surface area contributed by atoms with E-state index >= 15 is 0 Å². The highest BCUT2D eigenvalue weighted by Crippen LogP contribution is 2.34. The zero-order valence-electron chi connectivity index (χ0n) is 11.8. The maximum Gasteiger partial charge on any atom is 0.416 e. The molecular weight excluding hydrogens is 258 g/mol. The van der Waals surface area contributed by atoms with Crippen molar-refractivity contribution >= 4 is 12.1 Å². The van der Waals surface area contributed by atoms with Crippen LogP contribution >= 0.6 is 0 Å². The molecule has 0 spiro atoms. The molecule has 0 atom stereocenters. The summed E-state index contributed by atoms with van der Waals surface area (Å²) in [6, 6.07) is 9.61. The summed E-state index contributed by atoms with van der Waals surface area (Å²) in [5.74, 6) is -0.243. The van der Waals surface area contributed by atoms with Crippen molar-refractivity contribution in [3.8, 4) is 0 Å². The summed E-state index contributed by atoms with van der Waals surface area (Å²) in [6.45, 7) is 4.08. The summed E-state index contributed by atoms with van der Waals surface area (Å²) in [5, 5.41) is 0. The molecule has 0 aromatic heterocycles. The van der Waals surface area contributed by atoms with Crippen molar-refractivity contribution in [1.82, 2.24) is 4.90 Å². The summed E-state index contributed by atoms with van der Waals surface area (Å²) >= 11 is 0. The number of ether oxygens (including phenoxy) is 2. The third-order valence-electron chi connectivity index (χ3n) is 3.33. The van der Waals surface area contributed by atoms with Gasteiger partial charge in [0.25, 0.3) is 0 Å². The fourth-order valence-electron chi connectivity index (χ4n) is 2.04. The Morgan fingerprint density at radius 3 is 2.60 bits per heavy atom. The minimum absolute atomic E-state index is 0.297. The Bertz CT molecular complexity index is 548. The van der Waals surface area contributed by atoms with Crippen molar-refractivity contribution in [1.29, 1.82) is 0 Å². The van der Waals surface area contributed by atoms with Crippen LogP contribution in [0.15, 0.2) is 42.2 Å². The van der Waals surface area contributed by atoms with Crippen LogP contribution in [0.3, 0.4) is 0 Å². The predicted molar refractivity (Wildman–Crippen MR) is 72.6 cm³/mol. The molecule has 20 heavy (non-hydrogen) atoms. The van der Waals surface area contributed by atoms with E-state index in [2.05, 4.69) is 4.74 Å². The van der Waals surface area contributed by atoms with Crippen LogP contribution in [-0.4, -0.2) is 29.6 Å². The average Bonchev–Trinajstić information content (AvgIpc) is 2.63. The largest absolute Gasteiger partial charge is 0.466 e. The van der Waals surface area contributed by atoms with Gasteiger partial charge in [0, 0.05) is 0 Å². The number of esters is 1. The Balaban J connectivity index is 2.24. The first kappa shape index (κ1) is 14.1. The van der Waals surface area contributed by atoms with Gasteiger partial charge in [-0.05, 0) is 19.4 Å². The van der Waals surface area contributed by atoms with Crippen molar-refractivity contribution < 1.29 is 19.1 Å². The zero-order chi connectivity index (χ0) is 14.8. The molecule has 0 N–H and O–H groups in total. The van der Waals surface area contributed by atoms with E-state index in [1.165, 1.54) is 13.2 Å². The molecule has 0 radical (unpaired) electrons. The highest BCUT2D eigenvalue weighted by molar-refractivity contribution is 5.85. The second-order valence-corrected chi connectivity index (χ2v) is 5.03. The number of methoxy groups -OCH3 is 1. The Morgan fingerprint density at radius 1 is 1.35 bits per heavy atom. The van der Waals surface area contributed by atoms with E-state index in [1.54, 1.807) is 4.90 Å². The first-order chi connectivity index (χ1) is 9.45. The van der Waals surface area contributed by atoms with E-state index in [4.69, 9.17) is 4.74 Å². The van der Waals surface area contributed by atoms with Crippen molar-refractivity contribution in [2.45, 2.75) is 25.9 Å². The van der Waals surface area contributed by atoms with Crippen molar-refractivity contribution in [3.05, 3.63) is 47.7 Å². The lowest BCUT2D eigenvalue weighted by atomic mass is 10.0. The minimum Gasteiger partial charge on any atom is -0.466 e. The van der Waals surface area contributed by atoms with Crippen LogP contribution in [-0.2, 0) is 20.8 Å². The highest BCUT2D eigenvalue weighted by Gasteiger charge is 2.45. The number of hydrogen-bond acceptors (Lipinski definition) is 4. The number of amides is 1. The number of nitrogens with zero attached hydrogens (tertiary/aromatic N) is 1. The molecule has 2 rings (SSSR count).